The molecule has 2 atom stereocenters. The number of nitrogens with zero attached hydrogens (tertiary/aromatic N) is 1. The summed E-state index contributed by atoms with van der Waals surface area (Å²) in [6, 6.07) is 0. The van der Waals surface area contributed by atoms with E-state index in [9.17, 15) is 28.8 Å². The van der Waals surface area contributed by atoms with E-state index in [2.05, 4.69) is 13.8 Å². The number of amides is 1. The van der Waals surface area contributed by atoms with Crippen LogP contribution in [0.1, 0.15) is 104 Å². The minimum atomic E-state index is -0.933. The van der Waals surface area contributed by atoms with E-state index in [-0.39, 0.29) is 76.7 Å². The zero-order valence-electron chi connectivity index (χ0n) is 29.1. The van der Waals surface area contributed by atoms with E-state index < -0.39 is 24.1 Å². The van der Waals surface area contributed by atoms with Crippen LogP contribution in [0.5, 0.6) is 0 Å². The molecule has 0 radical (unpaired) electrons. The highest BCUT2D eigenvalue weighted by Crippen LogP contribution is 2.31. The molecule has 0 bridgehead atoms. The van der Waals surface area contributed by atoms with Crippen LogP contribution >= 0.6 is 0 Å². The van der Waals surface area contributed by atoms with Gasteiger partial charge in [0.2, 0.25) is 6.41 Å². The van der Waals surface area contributed by atoms with Crippen molar-refractivity contribution in [3.05, 3.63) is 0 Å². The summed E-state index contributed by atoms with van der Waals surface area (Å²) in [4.78, 5) is 73.2. The van der Waals surface area contributed by atoms with Gasteiger partial charge in [-0.05, 0) is 62.2 Å². The van der Waals surface area contributed by atoms with Crippen LogP contribution in [0.2, 0.25) is 0 Å². The lowest BCUT2D eigenvalue weighted by Gasteiger charge is -2.25. The fourth-order valence-corrected chi connectivity index (χ4v) is 6.15. The Hall–Kier alpha value is -3.22. The highest BCUT2D eigenvalue weighted by molar-refractivity contribution is 5.71. The quantitative estimate of drug-likeness (QED) is 0.0813. The number of hydrogen-bond donors (Lipinski definition) is 0. The molecule has 0 aromatic heterocycles. The number of carbonyl (C=O) groups is 6. The third-order valence-corrected chi connectivity index (χ3v) is 9.14. The van der Waals surface area contributed by atoms with E-state index in [0.29, 0.717) is 49.8 Å². The maximum atomic E-state index is 12.4. The molecule has 2 aliphatic rings. The number of methoxy groups -OCH3 is 1. The van der Waals surface area contributed by atoms with Gasteiger partial charge in [-0.25, -0.2) is 0 Å². The average Bonchev–Trinajstić information content (AvgIpc) is 3.06. The maximum absolute atomic E-state index is 12.4. The second-order valence-electron chi connectivity index (χ2n) is 13.5. The number of esters is 4. The molecule has 1 amide bonds. The Morgan fingerprint density at radius 3 is 1.48 bits per heavy atom. The van der Waals surface area contributed by atoms with Crippen LogP contribution in [0.4, 0.5) is 0 Å². The van der Waals surface area contributed by atoms with Crippen LogP contribution < -0.4 is 0 Å². The molecular weight excluding hydrogens is 626 g/mol. The van der Waals surface area contributed by atoms with E-state index in [1.54, 1.807) is 0 Å². The first-order valence-electron chi connectivity index (χ1n) is 17.5. The molecule has 2 fully saturated rings. The van der Waals surface area contributed by atoms with Crippen molar-refractivity contribution in [2.24, 2.45) is 23.7 Å². The van der Waals surface area contributed by atoms with Crippen LogP contribution in [-0.2, 0) is 57.2 Å². The molecule has 2 saturated carbocycles. The van der Waals surface area contributed by atoms with Gasteiger partial charge in [0, 0.05) is 45.9 Å². The minimum absolute atomic E-state index is 0.0184. The molecule has 13 nitrogen and oxygen atoms in total. The molecule has 2 unspecified atom stereocenters. The summed E-state index contributed by atoms with van der Waals surface area (Å²) in [7, 11) is 1.47. The van der Waals surface area contributed by atoms with Gasteiger partial charge >= 0.3 is 23.9 Å². The maximum Gasteiger partial charge on any atom is 0.306 e. The first kappa shape index (κ1) is 41.0. The molecule has 2 aliphatic carbocycles. The first-order chi connectivity index (χ1) is 23.1. The summed E-state index contributed by atoms with van der Waals surface area (Å²) in [5.41, 5.74) is 0. The standard InChI is InChI=1S/C35H57NO12/c1-26-8-12-28(13-9-26)18-34(41)45-22-30(20-43-3)47-32(39)6-4-16-36(24-37)17-5-7-33(40)48-31(21-44-25-38)23-46-35(42)19-29-14-10-27(2)11-15-29/h24-31H,4-23H2,1-3H3. The smallest absolute Gasteiger partial charge is 0.306 e. The van der Waals surface area contributed by atoms with Crippen molar-refractivity contribution in [2.75, 3.05) is 46.6 Å². The molecule has 0 spiro atoms. The van der Waals surface area contributed by atoms with E-state index in [1.165, 1.54) is 12.0 Å². The Morgan fingerprint density at radius 2 is 1.08 bits per heavy atom. The zero-order chi connectivity index (χ0) is 35.1. The number of ether oxygens (including phenoxy) is 6. The predicted octanol–water partition coefficient (Wildman–Crippen LogP) is 4.17. The third-order valence-electron chi connectivity index (χ3n) is 9.14. The van der Waals surface area contributed by atoms with Gasteiger partial charge in [0.15, 0.2) is 12.2 Å². The van der Waals surface area contributed by atoms with E-state index in [1.807, 2.05) is 0 Å². The monoisotopic (exact) mass is 683 g/mol. The molecule has 48 heavy (non-hydrogen) atoms. The summed E-state index contributed by atoms with van der Waals surface area (Å²) in [5.74, 6) is 0.240. The second kappa shape index (κ2) is 24.0. The summed E-state index contributed by atoms with van der Waals surface area (Å²) in [6.07, 6.45) is 8.74. The van der Waals surface area contributed by atoms with Gasteiger partial charge in [-0.1, -0.05) is 39.5 Å². The lowest BCUT2D eigenvalue weighted by atomic mass is 9.81. The van der Waals surface area contributed by atoms with Gasteiger partial charge < -0.3 is 33.3 Å². The Kier molecular flexibility index (Phi) is 20.5. The van der Waals surface area contributed by atoms with Crippen molar-refractivity contribution in [1.29, 1.82) is 0 Å². The van der Waals surface area contributed by atoms with Crippen molar-refractivity contribution in [1.82, 2.24) is 4.90 Å². The number of hydrogen-bond acceptors (Lipinski definition) is 12. The van der Waals surface area contributed by atoms with E-state index >= 15 is 0 Å². The lowest BCUT2D eigenvalue weighted by molar-refractivity contribution is -0.164. The van der Waals surface area contributed by atoms with Gasteiger partial charge in [0.25, 0.3) is 6.47 Å². The molecule has 274 valence electrons. The average molecular weight is 684 g/mol. The lowest BCUT2D eigenvalue weighted by Crippen LogP contribution is -2.31. The van der Waals surface area contributed by atoms with Gasteiger partial charge in [-0.2, -0.15) is 0 Å². The molecule has 2 rings (SSSR count). The topological polar surface area (TPSA) is 161 Å². The SMILES string of the molecule is COCC(COC(=O)CC1CCC(C)CC1)OC(=O)CCCN(C=O)CCCC(=O)OC(COC=O)COC(=O)CC1CCC(C)CC1. The molecular formula is C35H57NO12. The fraction of sp³-hybridized carbons (Fsp3) is 0.829. The molecule has 0 N–H and O–H groups in total. The van der Waals surface area contributed by atoms with Crippen LogP contribution in [0.15, 0.2) is 0 Å². The van der Waals surface area contributed by atoms with E-state index in [4.69, 9.17) is 28.4 Å². The number of rotatable bonds is 24. The highest BCUT2D eigenvalue weighted by Gasteiger charge is 2.25. The Morgan fingerprint density at radius 1 is 0.646 bits per heavy atom. The van der Waals surface area contributed by atoms with Crippen LogP contribution in [0, 0.1) is 23.7 Å². The molecule has 0 aromatic rings. The summed E-state index contributed by atoms with van der Waals surface area (Å²) in [5, 5.41) is 0. The van der Waals surface area contributed by atoms with Crippen LogP contribution in [0.25, 0.3) is 0 Å². The Bertz CT molecular complexity index is 975. The molecule has 0 heterocycles. The highest BCUT2D eigenvalue weighted by atomic mass is 16.6. The summed E-state index contributed by atoms with van der Waals surface area (Å²) >= 11 is 0. The van der Waals surface area contributed by atoms with Gasteiger partial charge in [-0.3, -0.25) is 28.8 Å². The third kappa shape index (κ3) is 18.4. The van der Waals surface area contributed by atoms with Crippen molar-refractivity contribution in [2.45, 2.75) is 116 Å². The normalized spacial score (nSPS) is 22.0. The van der Waals surface area contributed by atoms with Crippen molar-refractivity contribution >= 4 is 36.8 Å². The largest absolute Gasteiger partial charge is 0.464 e. The van der Waals surface area contributed by atoms with Gasteiger partial charge in [0.05, 0.1) is 6.61 Å². The number of carbonyl (C=O) groups excluding carboxylic acids is 6. The Labute approximate surface area is 285 Å². The van der Waals surface area contributed by atoms with Crippen molar-refractivity contribution in [3.8, 4) is 0 Å². The van der Waals surface area contributed by atoms with Gasteiger partial charge in [0.1, 0.15) is 19.8 Å². The second-order valence-corrected chi connectivity index (χ2v) is 13.5. The zero-order valence-corrected chi connectivity index (χ0v) is 29.1. The molecule has 0 aromatic carbocycles. The van der Waals surface area contributed by atoms with E-state index in [0.717, 1.165) is 51.4 Å². The summed E-state index contributed by atoms with van der Waals surface area (Å²) in [6.45, 7) is 4.72. The van der Waals surface area contributed by atoms with Crippen LogP contribution in [-0.4, -0.2) is 100 Å². The molecule has 0 aliphatic heterocycles. The summed E-state index contributed by atoms with van der Waals surface area (Å²) < 4.78 is 31.3. The van der Waals surface area contributed by atoms with Gasteiger partial charge in [-0.15, -0.1) is 0 Å². The Balaban J connectivity index is 1.63. The minimum Gasteiger partial charge on any atom is -0.464 e. The fourth-order valence-electron chi connectivity index (χ4n) is 6.15. The first-order valence-corrected chi connectivity index (χ1v) is 17.5. The predicted molar refractivity (Wildman–Crippen MR) is 173 cm³/mol. The molecule has 0 saturated heterocycles. The van der Waals surface area contributed by atoms with Crippen LogP contribution in [0.3, 0.4) is 0 Å². The van der Waals surface area contributed by atoms with Crippen molar-refractivity contribution in [3.63, 3.8) is 0 Å². The molecule has 13 heteroatoms. The van der Waals surface area contributed by atoms with Crippen molar-refractivity contribution < 1.29 is 57.2 Å².